The molecule has 3 rings (SSSR count). The number of halogens is 1. The summed E-state index contributed by atoms with van der Waals surface area (Å²) < 4.78 is 12.6. The third kappa shape index (κ3) is 3.20. The van der Waals surface area contributed by atoms with Gasteiger partial charge in [0.25, 0.3) is 0 Å². The van der Waals surface area contributed by atoms with Crippen LogP contribution in [0.4, 0.5) is 0 Å². The average Bonchev–Trinajstić information content (AvgIpc) is 2.74. The van der Waals surface area contributed by atoms with Crippen molar-refractivity contribution in [3.8, 4) is 11.5 Å². The van der Waals surface area contributed by atoms with E-state index in [9.17, 15) is 0 Å². The fourth-order valence-corrected chi connectivity index (χ4v) is 3.77. The molecule has 0 saturated carbocycles. The number of nitrogens with two attached hydrogens (primary N) is 1. The first kappa shape index (κ1) is 15.1. The minimum absolute atomic E-state index is 0.253. The Morgan fingerprint density at radius 3 is 2.90 bits per heavy atom. The van der Waals surface area contributed by atoms with Crippen molar-refractivity contribution in [1.29, 1.82) is 0 Å². The van der Waals surface area contributed by atoms with E-state index in [1.807, 2.05) is 0 Å². The average molecular weight is 355 g/mol. The van der Waals surface area contributed by atoms with Crippen molar-refractivity contribution in [3.05, 3.63) is 22.2 Å². The zero-order chi connectivity index (χ0) is 14.8. The van der Waals surface area contributed by atoms with Crippen LogP contribution in [0.15, 0.2) is 16.6 Å². The molecule has 1 saturated heterocycles. The van der Waals surface area contributed by atoms with E-state index in [0.717, 1.165) is 41.4 Å². The molecular formula is C16H23BrN2O2. The molecular weight excluding hydrogens is 332 g/mol. The smallest absolute Gasteiger partial charge is 0.175 e. The first-order valence-corrected chi connectivity index (χ1v) is 8.51. The molecule has 2 unspecified atom stereocenters. The van der Waals surface area contributed by atoms with E-state index in [0.29, 0.717) is 19.8 Å². The quantitative estimate of drug-likeness (QED) is 0.906. The lowest BCUT2D eigenvalue weighted by Crippen LogP contribution is -2.32. The fraction of sp³-hybridized carbons (Fsp3) is 0.625. The molecule has 0 spiro atoms. The number of fused-ring (bicyclic) bond motifs is 1. The van der Waals surface area contributed by atoms with Crippen LogP contribution in [0.2, 0.25) is 0 Å². The molecule has 0 bridgehead atoms. The van der Waals surface area contributed by atoms with Gasteiger partial charge in [-0.15, -0.1) is 0 Å². The van der Waals surface area contributed by atoms with Crippen molar-refractivity contribution in [3.63, 3.8) is 0 Å². The molecule has 2 aliphatic rings. The second-order valence-corrected chi connectivity index (χ2v) is 6.88. The lowest BCUT2D eigenvalue weighted by Gasteiger charge is -2.28. The van der Waals surface area contributed by atoms with Crippen LogP contribution in [0.1, 0.15) is 31.4 Å². The molecule has 4 nitrogen and oxygen atoms in total. The second kappa shape index (κ2) is 6.55. The molecule has 2 atom stereocenters. The van der Waals surface area contributed by atoms with Crippen LogP contribution in [-0.2, 0) is 0 Å². The fourth-order valence-electron chi connectivity index (χ4n) is 3.19. The van der Waals surface area contributed by atoms with Crippen molar-refractivity contribution in [2.75, 3.05) is 32.8 Å². The van der Waals surface area contributed by atoms with E-state index < -0.39 is 0 Å². The van der Waals surface area contributed by atoms with Gasteiger partial charge in [-0.2, -0.15) is 0 Å². The minimum Gasteiger partial charge on any atom is -0.490 e. The Bertz CT molecular complexity index is 509. The first-order chi connectivity index (χ1) is 10.2. The summed E-state index contributed by atoms with van der Waals surface area (Å²) in [5.41, 5.74) is 7.27. The Morgan fingerprint density at radius 2 is 2.19 bits per heavy atom. The molecule has 2 aliphatic heterocycles. The van der Waals surface area contributed by atoms with Crippen LogP contribution < -0.4 is 15.2 Å². The van der Waals surface area contributed by atoms with Gasteiger partial charge < -0.3 is 15.2 Å². The van der Waals surface area contributed by atoms with Crippen LogP contribution in [0, 0.1) is 5.92 Å². The van der Waals surface area contributed by atoms with E-state index >= 15 is 0 Å². The predicted octanol–water partition coefficient (Wildman–Crippen LogP) is 2.95. The maximum Gasteiger partial charge on any atom is 0.175 e. The summed E-state index contributed by atoms with van der Waals surface area (Å²) in [7, 11) is 0. The maximum absolute atomic E-state index is 6.06. The highest BCUT2D eigenvalue weighted by atomic mass is 79.9. The maximum atomic E-state index is 6.06. The van der Waals surface area contributed by atoms with Crippen LogP contribution >= 0.6 is 15.9 Å². The summed E-state index contributed by atoms with van der Waals surface area (Å²) in [6, 6.07) is 4.49. The van der Waals surface area contributed by atoms with Gasteiger partial charge in [0.05, 0.1) is 17.7 Å². The summed E-state index contributed by atoms with van der Waals surface area (Å²) >= 11 is 3.62. The highest BCUT2D eigenvalue weighted by molar-refractivity contribution is 9.10. The summed E-state index contributed by atoms with van der Waals surface area (Å²) in [4.78, 5) is 2.48. The Morgan fingerprint density at radius 1 is 1.38 bits per heavy atom. The summed E-state index contributed by atoms with van der Waals surface area (Å²) in [5, 5.41) is 0. The van der Waals surface area contributed by atoms with Gasteiger partial charge in [0.15, 0.2) is 11.5 Å². The van der Waals surface area contributed by atoms with Crippen molar-refractivity contribution in [1.82, 2.24) is 4.90 Å². The molecule has 5 heteroatoms. The van der Waals surface area contributed by atoms with Crippen molar-refractivity contribution in [2.24, 2.45) is 11.7 Å². The van der Waals surface area contributed by atoms with Crippen LogP contribution in [0.3, 0.4) is 0 Å². The number of hydrogen-bond donors (Lipinski definition) is 1. The van der Waals surface area contributed by atoms with Crippen LogP contribution in [0.5, 0.6) is 11.5 Å². The Balaban J connectivity index is 1.90. The van der Waals surface area contributed by atoms with Crippen molar-refractivity contribution in [2.45, 2.75) is 25.8 Å². The van der Waals surface area contributed by atoms with Gasteiger partial charge in [-0.1, -0.05) is 6.92 Å². The third-order valence-electron chi connectivity index (χ3n) is 4.33. The number of hydrogen-bond acceptors (Lipinski definition) is 4. The third-order valence-corrected chi connectivity index (χ3v) is 4.92. The largest absolute Gasteiger partial charge is 0.490 e. The number of rotatable bonds is 3. The molecule has 0 amide bonds. The highest BCUT2D eigenvalue weighted by Crippen LogP contribution is 2.40. The van der Waals surface area contributed by atoms with Crippen molar-refractivity contribution >= 4 is 15.9 Å². The summed E-state index contributed by atoms with van der Waals surface area (Å²) in [6.07, 6.45) is 2.17. The van der Waals surface area contributed by atoms with Gasteiger partial charge in [-0.05, 0) is 52.5 Å². The number of nitrogens with zero attached hydrogens (tertiary/aromatic N) is 1. The van der Waals surface area contributed by atoms with E-state index in [2.05, 4.69) is 39.9 Å². The number of benzene rings is 1. The van der Waals surface area contributed by atoms with Gasteiger partial charge in [-0.25, -0.2) is 0 Å². The normalized spacial score (nSPS) is 23.9. The Kier molecular flexibility index (Phi) is 4.72. The van der Waals surface area contributed by atoms with Gasteiger partial charge in [0.2, 0.25) is 0 Å². The second-order valence-electron chi connectivity index (χ2n) is 6.02. The monoisotopic (exact) mass is 354 g/mol. The molecule has 1 fully saturated rings. The van der Waals surface area contributed by atoms with Gasteiger partial charge in [-0.3, -0.25) is 4.90 Å². The zero-order valence-corrected chi connectivity index (χ0v) is 14.1. The van der Waals surface area contributed by atoms with E-state index in [1.165, 1.54) is 12.0 Å². The Labute approximate surface area is 134 Å². The molecule has 0 radical (unpaired) electrons. The van der Waals surface area contributed by atoms with Gasteiger partial charge in [0, 0.05) is 25.6 Å². The minimum atomic E-state index is 0.253. The molecule has 0 aliphatic carbocycles. The molecule has 1 aromatic rings. The van der Waals surface area contributed by atoms with E-state index in [1.54, 1.807) is 0 Å². The summed E-state index contributed by atoms with van der Waals surface area (Å²) in [5.74, 6) is 2.41. The molecule has 21 heavy (non-hydrogen) atoms. The first-order valence-electron chi connectivity index (χ1n) is 7.72. The topological polar surface area (TPSA) is 47.7 Å². The lowest BCUT2D eigenvalue weighted by atomic mass is 10.0. The zero-order valence-electron chi connectivity index (χ0n) is 12.5. The Hall–Kier alpha value is -0.780. The predicted molar refractivity (Wildman–Crippen MR) is 86.9 cm³/mol. The highest BCUT2D eigenvalue weighted by Gasteiger charge is 2.28. The van der Waals surface area contributed by atoms with Crippen molar-refractivity contribution < 1.29 is 9.47 Å². The van der Waals surface area contributed by atoms with Crippen LogP contribution in [0.25, 0.3) is 0 Å². The number of likely N-dealkylation sites (tertiary alicyclic amines) is 1. The molecule has 1 aromatic carbocycles. The molecule has 2 N–H and O–H groups in total. The SMILES string of the molecule is CC1CCN(C(CN)c2cc(Br)c3c(c2)OCCCO3)C1. The van der Waals surface area contributed by atoms with E-state index in [4.69, 9.17) is 15.2 Å². The molecule has 116 valence electrons. The molecule has 2 heterocycles. The molecule has 0 aromatic heterocycles. The van der Waals surface area contributed by atoms with Gasteiger partial charge >= 0.3 is 0 Å². The summed E-state index contributed by atoms with van der Waals surface area (Å²) in [6.45, 7) is 6.57. The van der Waals surface area contributed by atoms with E-state index in [-0.39, 0.29) is 6.04 Å². The van der Waals surface area contributed by atoms with Gasteiger partial charge in [0.1, 0.15) is 0 Å². The van der Waals surface area contributed by atoms with Crippen LogP contribution in [-0.4, -0.2) is 37.7 Å². The standard InChI is InChI=1S/C16H23BrN2O2/c1-11-3-4-19(10-11)14(9-18)12-7-13(17)16-15(8-12)20-5-2-6-21-16/h7-8,11,14H,2-6,9-10,18H2,1H3. The lowest BCUT2D eigenvalue weighted by molar-refractivity contribution is 0.242. The number of ether oxygens (including phenoxy) is 2.